The van der Waals surface area contributed by atoms with Crippen LogP contribution in [0.3, 0.4) is 0 Å². The molecule has 2 nitrogen and oxygen atoms in total. The van der Waals surface area contributed by atoms with E-state index in [9.17, 15) is 4.79 Å². The summed E-state index contributed by atoms with van der Waals surface area (Å²) in [6, 6.07) is 0. The fourth-order valence-electron chi connectivity index (χ4n) is 2.41. The molecule has 0 amide bonds. The summed E-state index contributed by atoms with van der Waals surface area (Å²) in [6.07, 6.45) is 11.8. The number of carbonyl (C=O) groups is 1. The molecule has 0 aromatic heterocycles. The highest BCUT2D eigenvalue weighted by atomic mass is 16.5. The second-order valence-electron chi connectivity index (χ2n) is 4.97. The Morgan fingerprint density at radius 3 is 2.62 bits per heavy atom. The van der Waals surface area contributed by atoms with E-state index in [1.807, 2.05) is 0 Å². The Bertz CT molecular complexity index is 183. The summed E-state index contributed by atoms with van der Waals surface area (Å²) in [5.41, 5.74) is 0. The van der Waals surface area contributed by atoms with Crippen LogP contribution in [0.25, 0.3) is 0 Å². The van der Waals surface area contributed by atoms with Crippen molar-refractivity contribution in [2.45, 2.75) is 71.1 Å². The van der Waals surface area contributed by atoms with E-state index in [0.29, 0.717) is 13.0 Å². The van der Waals surface area contributed by atoms with Gasteiger partial charge >= 0.3 is 5.97 Å². The second kappa shape index (κ2) is 8.60. The van der Waals surface area contributed by atoms with Gasteiger partial charge in [-0.3, -0.25) is 4.79 Å². The summed E-state index contributed by atoms with van der Waals surface area (Å²) in [5, 5.41) is 0. The van der Waals surface area contributed by atoms with Gasteiger partial charge in [0.2, 0.25) is 0 Å². The molecular formula is C14H26O2. The first kappa shape index (κ1) is 13.5. The maximum atomic E-state index is 11.3. The molecule has 0 saturated heterocycles. The molecule has 1 aliphatic rings. The van der Waals surface area contributed by atoms with Crippen LogP contribution in [0.2, 0.25) is 0 Å². The van der Waals surface area contributed by atoms with Crippen LogP contribution in [0.15, 0.2) is 0 Å². The van der Waals surface area contributed by atoms with E-state index < -0.39 is 0 Å². The molecule has 1 aliphatic carbocycles. The highest BCUT2D eigenvalue weighted by molar-refractivity contribution is 5.69. The zero-order valence-electron chi connectivity index (χ0n) is 10.7. The minimum absolute atomic E-state index is 0.00394. The number of unbranched alkanes of at least 4 members (excludes halogenated alkanes) is 2. The monoisotopic (exact) mass is 226 g/mol. The lowest BCUT2D eigenvalue weighted by atomic mass is 9.87. The molecule has 0 radical (unpaired) electrons. The topological polar surface area (TPSA) is 26.3 Å². The van der Waals surface area contributed by atoms with Crippen molar-refractivity contribution in [3.8, 4) is 0 Å². The van der Waals surface area contributed by atoms with E-state index in [1.54, 1.807) is 0 Å². The maximum absolute atomic E-state index is 11.3. The molecule has 0 spiro atoms. The van der Waals surface area contributed by atoms with Gasteiger partial charge in [0.1, 0.15) is 0 Å². The third-order valence-corrected chi connectivity index (χ3v) is 3.50. The van der Waals surface area contributed by atoms with Gasteiger partial charge in [0, 0.05) is 6.42 Å². The lowest BCUT2D eigenvalue weighted by molar-refractivity contribution is -0.144. The first-order chi connectivity index (χ1) is 7.83. The van der Waals surface area contributed by atoms with Crippen LogP contribution >= 0.6 is 0 Å². The number of hydrogen-bond donors (Lipinski definition) is 0. The third kappa shape index (κ3) is 6.14. The van der Waals surface area contributed by atoms with E-state index in [1.165, 1.54) is 32.1 Å². The molecule has 2 heteroatoms. The molecular weight excluding hydrogens is 200 g/mol. The fraction of sp³-hybridized carbons (Fsp3) is 0.929. The molecule has 0 N–H and O–H groups in total. The van der Waals surface area contributed by atoms with Crippen molar-refractivity contribution in [1.82, 2.24) is 0 Å². The SMILES string of the molecule is CCCCCC(=O)OCCC1CCCCC1. The van der Waals surface area contributed by atoms with Crippen LogP contribution in [-0.4, -0.2) is 12.6 Å². The summed E-state index contributed by atoms with van der Waals surface area (Å²) >= 11 is 0. The van der Waals surface area contributed by atoms with Crippen molar-refractivity contribution in [3.63, 3.8) is 0 Å². The summed E-state index contributed by atoms with van der Waals surface area (Å²) < 4.78 is 5.25. The summed E-state index contributed by atoms with van der Waals surface area (Å²) in [6.45, 7) is 2.80. The Morgan fingerprint density at radius 2 is 1.94 bits per heavy atom. The first-order valence-electron chi connectivity index (χ1n) is 6.98. The number of hydrogen-bond acceptors (Lipinski definition) is 2. The van der Waals surface area contributed by atoms with Crippen LogP contribution in [-0.2, 0) is 9.53 Å². The molecule has 0 atom stereocenters. The molecule has 0 aliphatic heterocycles. The fourth-order valence-corrected chi connectivity index (χ4v) is 2.41. The van der Waals surface area contributed by atoms with Gasteiger partial charge < -0.3 is 4.74 Å². The zero-order valence-corrected chi connectivity index (χ0v) is 10.7. The predicted molar refractivity (Wildman–Crippen MR) is 66.3 cm³/mol. The molecule has 0 bridgehead atoms. The molecule has 1 fully saturated rings. The average Bonchev–Trinajstić information content (AvgIpc) is 2.31. The van der Waals surface area contributed by atoms with Gasteiger partial charge in [0.05, 0.1) is 6.61 Å². The van der Waals surface area contributed by atoms with Gasteiger partial charge in [-0.05, 0) is 18.8 Å². The number of esters is 1. The Balaban J connectivity index is 1.94. The molecule has 0 unspecified atom stereocenters. The van der Waals surface area contributed by atoms with Crippen molar-refractivity contribution < 1.29 is 9.53 Å². The molecule has 94 valence electrons. The van der Waals surface area contributed by atoms with Gasteiger partial charge in [0.25, 0.3) is 0 Å². The normalized spacial score (nSPS) is 17.3. The minimum Gasteiger partial charge on any atom is -0.466 e. The van der Waals surface area contributed by atoms with Crippen molar-refractivity contribution in [1.29, 1.82) is 0 Å². The molecule has 1 saturated carbocycles. The van der Waals surface area contributed by atoms with Gasteiger partial charge in [-0.25, -0.2) is 0 Å². The number of carbonyl (C=O) groups excluding carboxylic acids is 1. The van der Waals surface area contributed by atoms with E-state index in [-0.39, 0.29) is 5.97 Å². The first-order valence-corrected chi connectivity index (χ1v) is 6.98. The Hall–Kier alpha value is -0.530. The lowest BCUT2D eigenvalue weighted by Crippen LogP contribution is -2.12. The van der Waals surface area contributed by atoms with Crippen molar-refractivity contribution in [3.05, 3.63) is 0 Å². The van der Waals surface area contributed by atoms with Gasteiger partial charge in [-0.1, -0.05) is 51.9 Å². The predicted octanol–water partition coefficient (Wildman–Crippen LogP) is 4.08. The van der Waals surface area contributed by atoms with E-state index in [2.05, 4.69) is 6.92 Å². The highest BCUT2D eigenvalue weighted by Gasteiger charge is 2.13. The van der Waals surface area contributed by atoms with E-state index in [0.717, 1.165) is 31.6 Å². The second-order valence-corrected chi connectivity index (χ2v) is 4.97. The number of ether oxygens (including phenoxy) is 1. The largest absolute Gasteiger partial charge is 0.466 e. The van der Waals surface area contributed by atoms with Crippen molar-refractivity contribution in [2.75, 3.05) is 6.61 Å². The molecule has 0 aromatic rings. The molecule has 0 heterocycles. The maximum Gasteiger partial charge on any atom is 0.305 e. The standard InChI is InChI=1S/C14H26O2/c1-2-3-5-10-14(15)16-12-11-13-8-6-4-7-9-13/h13H,2-12H2,1H3. The summed E-state index contributed by atoms with van der Waals surface area (Å²) in [7, 11) is 0. The zero-order chi connectivity index (χ0) is 11.6. The Labute approximate surface area is 99.8 Å². The Morgan fingerprint density at radius 1 is 1.19 bits per heavy atom. The number of rotatable bonds is 7. The highest BCUT2D eigenvalue weighted by Crippen LogP contribution is 2.26. The Kier molecular flexibility index (Phi) is 7.28. The van der Waals surface area contributed by atoms with Crippen LogP contribution < -0.4 is 0 Å². The molecule has 0 aromatic carbocycles. The van der Waals surface area contributed by atoms with E-state index >= 15 is 0 Å². The minimum atomic E-state index is 0.00394. The van der Waals surface area contributed by atoms with Crippen LogP contribution in [0, 0.1) is 5.92 Å². The van der Waals surface area contributed by atoms with Crippen LogP contribution in [0.1, 0.15) is 71.1 Å². The smallest absolute Gasteiger partial charge is 0.305 e. The molecule has 16 heavy (non-hydrogen) atoms. The van der Waals surface area contributed by atoms with Crippen LogP contribution in [0.4, 0.5) is 0 Å². The summed E-state index contributed by atoms with van der Waals surface area (Å²) in [4.78, 5) is 11.3. The van der Waals surface area contributed by atoms with Crippen molar-refractivity contribution in [2.24, 2.45) is 5.92 Å². The summed E-state index contributed by atoms with van der Waals surface area (Å²) in [5.74, 6) is 0.821. The average molecular weight is 226 g/mol. The van der Waals surface area contributed by atoms with Crippen LogP contribution in [0.5, 0.6) is 0 Å². The van der Waals surface area contributed by atoms with Gasteiger partial charge in [0.15, 0.2) is 0 Å². The molecule has 1 rings (SSSR count). The quantitative estimate of drug-likeness (QED) is 0.483. The van der Waals surface area contributed by atoms with Gasteiger partial charge in [-0.2, -0.15) is 0 Å². The van der Waals surface area contributed by atoms with Gasteiger partial charge in [-0.15, -0.1) is 0 Å². The van der Waals surface area contributed by atoms with E-state index in [4.69, 9.17) is 4.74 Å². The lowest BCUT2D eigenvalue weighted by Gasteiger charge is -2.21. The van der Waals surface area contributed by atoms with Crippen molar-refractivity contribution >= 4 is 5.97 Å². The third-order valence-electron chi connectivity index (χ3n) is 3.50.